The molecule has 2 saturated heterocycles. The van der Waals surface area contributed by atoms with Crippen molar-refractivity contribution in [2.45, 2.75) is 37.8 Å². The molecule has 2 aliphatic rings. The van der Waals surface area contributed by atoms with Gasteiger partial charge >= 0.3 is 0 Å². The fourth-order valence-corrected chi connectivity index (χ4v) is 2.52. The quantitative estimate of drug-likeness (QED) is 0.712. The van der Waals surface area contributed by atoms with E-state index in [-0.39, 0.29) is 0 Å². The third kappa shape index (κ3) is 2.47. The van der Waals surface area contributed by atoms with E-state index in [4.69, 9.17) is 4.74 Å². The molecule has 0 aromatic rings. The van der Waals surface area contributed by atoms with Crippen molar-refractivity contribution in [1.29, 1.82) is 0 Å². The van der Waals surface area contributed by atoms with Crippen LogP contribution in [-0.2, 0) is 4.74 Å². The number of rotatable bonds is 2. The first kappa shape index (κ1) is 10.4. The molecule has 2 fully saturated rings. The molecule has 2 rings (SSSR count). The summed E-state index contributed by atoms with van der Waals surface area (Å²) in [4.78, 5) is 2.53. The van der Waals surface area contributed by atoms with Gasteiger partial charge in [-0.15, -0.1) is 0 Å². The van der Waals surface area contributed by atoms with Gasteiger partial charge in [0, 0.05) is 25.2 Å². The molecule has 3 heteroatoms. The van der Waals surface area contributed by atoms with Crippen molar-refractivity contribution < 1.29 is 4.74 Å². The third-order valence-corrected chi connectivity index (χ3v) is 3.56. The van der Waals surface area contributed by atoms with E-state index in [0.717, 1.165) is 25.8 Å². The summed E-state index contributed by atoms with van der Waals surface area (Å²) in [5.41, 5.74) is 0. The van der Waals surface area contributed by atoms with Crippen LogP contribution in [0.2, 0.25) is 0 Å². The molecule has 2 unspecified atom stereocenters. The Morgan fingerprint density at radius 2 is 2.07 bits per heavy atom. The van der Waals surface area contributed by atoms with Crippen LogP contribution >= 0.6 is 0 Å². The molecule has 82 valence electrons. The SMILES string of the molecule is CN(C1CCCNC1)C1CCCOC1. The standard InChI is InChI=1S/C11H22N2O/c1-13(10-4-2-6-12-8-10)11-5-3-7-14-9-11/h10-12H,2-9H2,1H3. The summed E-state index contributed by atoms with van der Waals surface area (Å²) < 4.78 is 5.53. The average molecular weight is 198 g/mol. The number of piperidine rings is 1. The fourth-order valence-electron chi connectivity index (χ4n) is 2.52. The minimum absolute atomic E-state index is 0.661. The van der Waals surface area contributed by atoms with Gasteiger partial charge < -0.3 is 10.1 Å². The number of ether oxygens (including phenoxy) is 1. The second-order valence-electron chi connectivity index (χ2n) is 4.54. The lowest BCUT2D eigenvalue weighted by molar-refractivity contribution is 0.00820. The smallest absolute Gasteiger partial charge is 0.0621 e. The molecular weight excluding hydrogens is 176 g/mol. The van der Waals surface area contributed by atoms with Gasteiger partial charge in [-0.1, -0.05) is 0 Å². The first-order chi connectivity index (χ1) is 6.88. The number of nitrogens with one attached hydrogen (secondary N) is 1. The van der Waals surface area contributed by atoms with Crippen LogP contribution in [0.15, 0.2) is 0 Å². The summed E-state index contributed by atoms with van der Waals surface area (Å²) in [6.45, 7) is 4.26. The van der Waals surface area contributed by atoms with Crippen LogP contribution in [-0.4, -0.2) is 50.3 Å². The maximum atomic E-state index is 5.53. The van der Waals surface area contributed by atoms with E-state index in [1.807, 2.05) is 0 Å². The van der Waals surface area contributed by atoms with E-state index < -0.39 is 0 Å². The number of hydrogen-bond acceptors (Lipinski definition) is 3. The van der Waals surface area contributed by atoms with E-state index in [1.165, 1.54) is 32.2 Å². The maximum absolute atomic E-state index is 5.53. The lowest BCUT2D eigenvalue weighted by Crippen LogP contribution is -2.50. The minimum atomic E-state index is 0.661. The summed E-state index contributed by atoms with van der Waals surface area (Å²) in [6.07, 6.45) is 5.21. The van der Waals surface area contributed by atoms with Gasteiger partial charge in [0.15, 0.2) is 0 Å². The molecule has 2 aliphatic heterocycles. The van der Waals surface area contributed by atoms with E-state index in [1.54, 1.807) is 0 Å². The molecule has 0 bridgehead atoms. The van der Waals surface area contributed by atoms with Crippen molar-refractivity contribution in [3.8, 4) is 0 Å². The van der Waals surface area contributed by atoms with Gasteiger partial charge in [-0.25, -0.2) is 0 Å². The van der Waals surface area contributed by atoms with Crippen molar-refractivity contribution in [3.63, 3.8) is 0 Å². The van der Waals surface area contributed by atoms with E-state index in [9.17, 15) is 0 Å². The van der Waals surface area contributed by atoms with Crippen molar-refractivity contribution in [1.82, 2.24) is 10.2 Å². The number of likely N-dealkylation sites (N-methyl/N-ethyl adjacent to an activating group) is 1. The summed E-state index contributed by atoms with van der Waals surface area (Å²) in [7, 11) is 2.26. The van der Waals surface area contributed by atoms with E-state index >= 15 is 0 Å². The first-order valence-electron chi connectivity index (χ1n) is 5.88. The molecule has 0 aromatic heterocycles. The van der Waals surface area contributed by atoms with Crippen molar-refractivity contribution >= 4 is 0 Å². The highest BCUT2D eigenvalue weighted by Crippen LogP contribution is 2.17. The topological polar surface area (TPSA) is 24.5 Å². The van der Waals surface area contributed by atoms with Gasteiger partial charge in [0.2, 0.25) is 0 Å². The maximum Gasteiger partial charge on any atom is 0.0621 e. The number of hydrogen-bond donors (Lipinski definition) is 1. The normalized spacial score (nSPS) is 34.7. The first-order valence-corrected chi connectivity index (χ1v) is 5.88. The molecule has 0 aromatic carbocycles. The molecule has 0 saturated carbocycles. The Morgan fingerprint density at radius 3 is 2.71 bits per heavy atom. The Labute approximate surface area is 86.8 Å². The lowest BCUT2D eigenvalue weighted by atomic mass is 10.0. The fraction of sp³-hybridized carbons (Fsp3) is 1.00. The minimum Gasteiger partial charge on any atom is -0.380 e. The highest BCUT2D eigenvalue weighted by molar-refractivity contribution is 4.82. The Kier molecular flexibility index (Phi) is 3.79. The molecule has 1 N–H and O–H groups in total. The van der Waals surface area contributed by atoms with Gasteiger partial charge in [0.1, 0.15) is 0 Å². The van der Waals surface area contributed by atoms with Gasteiger partial charge in [0.25, 0.3) is 0 Å². The second-order valence-corrected chi connectivity index (χ2v) is 4.54. The molecular formula is C11H22N2O. The molecule has 14 heavy (non-hydrogen) atoms. The summed E-state index contributed by atoms with van der Waals surface area (Å²) in [5.74, 6) is 0. The molecule has 0 amide bonds. The largest absolute Gasteiger partial charge is 0.380 e. The Morgan fingerprint density at radius 1 is 1.21 bits per heavy atom. The molecule has 0 aliphatic carbocycles. The van der Waals surface area contributed by atoms with Crippen LogP contribution in [0.3, 0.4) is 0 Å². The van der Waals surface area contributed by atoms with Crippen LogP contribution in [0.5, 0.6) is 0 Å². The van der Waals surface area contributed by atoms with Crippen LogP contribution in [0, 0.1) is 0 Å². The second kappa shape index (κ2) is 5.10. The van der Waals surface area contributed by atoms with Crippen molar-refractivity contribution in [2.75, 3.05) is 33.4 Å². The highest BCUT2D eigenvalue weighted by atomic mass is 16.5. The van der Waals surface area contributed by atoms with Gasteiger partial charge in [-0.05, 0) is 39.3 Å². The monoisotopic (exact) mass is 198 g/mol. The molecule has 2 atom stereocenters. The van der Waals surface area contributed by atoms with Crippen LogP contribution < -0.4 is 5.32 Å². The van der Waals surface area contributed by atoms with E-state index in [0.29, 0.717) is 6.04 Å². The van der Waals surface area contributed by atoms with Crippen LogP contribution in [0.25, 0.3) is 0 Å². The van der Waals surface area contributed by atoms with E-state index in [2.05, 4.69) is 17.3 Å². The summed E-state index contributed by atoms with van der Waals surface area (Å²) in [6, 6.07) is 1.39. The predicted octanol–water partition coefficient (Wildman–Crippen LogP) is 0.849. The Hall–Kier alpha value is -0.120. The zero-order valence-corrected chi connectivity index (χ0v) is 9.17. The lowest BCUT2D eigenvalue weighted by Gasteiger charge is -2.38. The van der Waals surface area contributed by atoms with Crippen LogP contribution in [0.1, 0.15) is 25.7 Å². The Bertz CT molecular complexity index is 145. The number of nitrogens with zero attached hydrogens (tertiary/aromatic N) is 1. The highest BCUT2D eigenvalue weighted by Gasteiger charge is 2.25. The third-order valence-electron chi connectivity index (χ3n) is 3.56. The molecule has 3 nitrogen and oxygen atoms in total. The average Bonchev–Trinajstić information content (AvgIpc) is 2.30. The predicted molar refractivity (Wildman–Crippen MR) is 57.5 cm³/mol. The van der Waals surface area contributed by atoms with Crippen molar-refractivity contribution in [3.05, 3.63) is 0 Å². The van der Waals surface area contributed by atoms with Gasteiger partial charge in [-0.3, -0.25) is 4.90 Å². The summed E-state index contributed by atoms with van der Waals surface area (Å²) >= 11 is 0. The molecule has 0 spiro atoms. The Balaban J connectivity index is 1.82. The van der Waals surface area contributed by atoms with Crippen LogP contribution in [0.4, 0.5) is 0 Å². The molecule has 0 radical (unpaired) electrons. The van der Waals surface area contributed by atoms with Gasteiger partial charge in [-0.2, -0.15) is 0 Å². The molecule has 2 heterocycles. The van der Waals surface area contributed by atoms with Crippen molar-refractivity contribution in [2.24, 2.45) is 0 Å². The zero-order valence-electron chi connectivity index (χ0n) is 9.17. The van der Waals surface area contributed by atoms with Gasteiger partial charge in [0.05, 0.1) is 6.61 Å². The zero-order chi connectivity index (χ0) is 9.80. The summed E-state index contributed by atoms with van der Waals surface area (Å²) in [5, 5.41) is 3.47.